The van der Waals surface area contributed by atoms with Crippen molar-refractivity contribution in [2.24, 2.45) is 23.7 Å². The van der Waals surface area contributed by atoms with E-state index in [0.717, 1.165) is 36.7 Å². The minimum atomic E-state index is -0.912. The standard InChI is InChI=1S/C35H46F2O2/c1-3-5-6-24-7-21-32(39-23-24)30-18-14-28(15-19-30)26-10-8-25(9-11-26)27-12-16-29(17-13-27)31-20-22-33(38-4-2)35(37)34(31)36/h3,12-13,16-17,20,22,24-26,28,30,32H,1,4-11,14-15,18-19,21,23H2,2H3. The summed E-state index contributed by atoms with van der Waals surface area (Å²) in [6, 6.07) is 11.2. The van der Waals surface area contributed by atoms with Crippen molar-refractivity contribution < 1.29 is 18.3 Å². The second-order valence-corrected chi connectivity index (χ2v) is 12.3. The molecule has 2 aromatic rings. The fraction of sp³-hybridized carbons (Fsp3) is 0.600. The van der Waals surface area contributed by atoms with Gasteiger partial charge < -0.3 is 9.47 Å². The molecule has 3 aliphatic rings. The van der Waals surface area contributed by atoms with E-state index in [0.29, 0.717) is 24.2 Å². The van der Waals surface area contributed by atoms with E-state index in [1.807, 2.05) is 18.2 Å². The van der Waals surface area contributed by atoms with Gasteiger partial charge in [0.25, 0.3) is 0 Å². The van der Waals surface area contributed by atoms with Gasteiger partial charge >= 0.3 is 0 Å². The first-order valence-electron chi connectivity index (χ1n) is 15.5. The number of allylic oxidation sites excluding steroid dienone is 1. The zero-order valence-corrected chi connectivity index (χ0v) is 23.7. The molecule has 2 unspecified atom stereocenters. The molecule has 2 atom stereocenters. The van der Waals surface area contributed by atoms with Gasteiger partial charge in [0.05, 0.1) is 12.7 Å². The Morgan fingerprint density at radius 3 is 2.10 bits per heavy atom. The van der Waals surface area contributed by atoms with Crippen molar-refractivity contribution in [3.8, 4) is 16.9 Å². The maximum absolute atomic E-state index is 14.7. The van der Waals surface area contributed by atoms with E-state index < -0.39 is 11.6 Å². The van der Waals surface area contributed by atoms with E-state index in [1.165, 1.54) is 82.3 Å². The van der Waals surface area contributed by atoms with Gasteiger partial charge in [0.15, 0.2) is 11.6 Å². The summed E-state index contributed by atoms with van der Waals surface area (Å²) >= 11 is 0. The van der Waals surface area contributed by atoms with Gasteiger partial charge in [0.2, 0.25) is 5.82 Å². The molecule has 0 radical (unpaired) electrons. The first-order valence-corrected chi connectivity index (χ1v) is 15.5. The van der Waals surface area contributed by atoms with Crippen LogP contribution in [-0.2, 0) is 4.74 Å². The lowest BCUT2D eigenvalue weighted by Crippen LogP contribution is -2.35. The van der Waals surface area contributed by atoms with E-state index in [2.05, 4.69) is 18.7 Å². The normalized spacial score (nSPS) is 29.6. The molecule has 212 valence electrons. The predicted molar refractivity (Wildman–Crippen MR) is 155 cm³/mol. The molecule has 39 heavy (non-hydrogen) atoms. The summed E-state index contributed by atoms with van der Waals surface area (Å²) in [4.78, 5) is 0. The number of hydrogen-bond acceptors (Lipinski definition) is 2. The zero-order valence-electron chi connectivity index (χ0n) is 23.7. The summed E-state index contributed by atoms with van der Waals surface area (Å²) in [6.07, 6.45) is 18.0. The molecule has 2 aromatic carbocycles. The number of halogens is 2. The van der Waals surface area contributed by atoms with Crippen molar-refractivity contribution in [1.29, 1.82) is 0 Å². The third-order valence-corrected chi connectivity index (χ3v) is 10.0. The highest BCUT2D eigenvalue weighted by Gasteiger charge is 2.35. The monoisotopic (exact) mass is 536 g/mol. The van der Waals surface area contributed by atoms with Gasteiger partial charge in [0, 0.05) is 12.2 Å². The number of ether oxygens (including phenoxy) is 2. The van der Waals surface area contributed by atoms with E-state index in [4.69, 9.17) is 9.47 Å². The minimum absolute atomic E-state index is 0.0315. The maximum Gasteiger partial charge on any atom is 0.201 e. The molecule has 1 aliphatic heterocycles. The highest BCUT2D eigenvalue weighted by atomic mass is 19.2. The molecule has 1 heterocycles. The predicted octanol–water partition coefficient (Wildman–Crippen LogP) is 9.87. The summed E-state index contributed by atoms with van der Waals surface area (Å²) < 4.78 is 40.6. The van der Waals surface area contributed by atoms with Gasteiger partial charge in [0.1, 0.15) is 0 Å². The lowest BCUT2D eigenvalue weighted by atomic mass is 9.67. The van der Waals surface area contributed by atoms with Crippen molar-refractivity contribution in [3.05, 3.63) is 66.3 Å². The van der Waals surface area contributed by atoms with Crippen LogP contribution in [0.4, 0.5) is 8.78 Å². The summed E-state index contributed by atoms with van der Waals surface area (Å²) in [6.45, 7) is 6.88. The second-order valence-electron chi connectivity index (χ2n) is 12.3. The molecule has 0 N–H and O–H groups in total. The first kappa shape index (κ1) is 28.3. The molecule has 5 rings (SSSR count). The Bertz CT molecular complexity index is 1060. The molecular formula is C35H46F2O2. The fourth-order valence-corrected chi connectivity index (χ4v) is 7.65. The van der Waals surface area contributed by atoms with Crippen molar-refractivity contribution in [1.82, 2.24) is 0 Å². The van der Waals surface area contributed by atoms with Crippen LogP contribution in [0.25, 0.3) is 11.1 Å². The Morgan fingerprint density at radius 2 is 1.49 bits per heavy atom. The molecule has 0 spiro atoms. The number of hydrogen-bond donors (Lipinski definition) is 0. The molecule has 0 aromatic heterocycles. The molecule has 1 saturated heterocycles. The Kier molecular flexibility index (Phi) is 9.76. The van der Waals surface area contributed by atoms with Gasteiger partial charge in [-0.25, -0.2) is 4.39 Å². The van der Waals surface area contributed by atoms with Gasteiger partial charge in [-0.3, -0.25) is 0 Å². The fourth-order valence-electron chi connectivity index (χ4n) is 7.65. The van der Waals surface area contributed by atoms with Crippen LogP contribution in [0.1, 0.15) is 95.5 Å². The van der Waals surface area contributed by atoms with E-state index in [1.54, 1.807) is 13.0 Å². The van der Waals surface area contributed by atoms with Gasteiger partial charge in [-0.1, -0.05) is 30.3 Å². The molecule has 2 aliphatic carbocycles. The van der Waals surface area contributed by atoms with Crippen molar-refractivity contribution in [3.63, 3.8) is 0 Å². The highest BCUT2D eigenvalue weighted by molar-refractivity contribution is 5.65. The molecule has 0 amide bonds. The molecule has 0 bridgehead atoms. The molecule has 2 nitrogen and oxygen atoms in total. The number of benzene rings is 2. The third kappa shape index (κ3) is 6.76. The molecule has 2 saturated carbocycles. The van der Waals surface area contributed by atoms with E-state index >= 15 is 0 Å². The van der Waals surface area contributed by atoms with Gasteiger partial charge in [-0.05, 0) is 137 Å². The van der Waals surface area contributed by atoms with Crippen LogP contribution in [0.2, 0.25) is 0 Å². The van der Waals surface area contributed by atoms with Crippen LogP contribution >= 0.6 is 0 Å². The van der Waals surface area contributed by atoms with Crippen LogP contribution in [0.15, 0.2) is 49.1 Å². The first-order chi connectivity index (χ1) is 19.1. The summed E-state index contributed by atoms with van der Waals surface area (Å²) in [5, 5.41) is 0. The van der Waals surface area contributed by atoms with Crippen molar-refractivity contribution in [2.45, 2.75) is 96.0 Å². The average Bonchev–Trinajstić information content (AvgIpc) is 2.99. The Morgan fingerprint density at radius 1 is 0.821 bits per heavy atom. The SMILES string of the molecule is C=CCCC1CCC(C2CCC(C3CCC(c4ccc(-c5ccc(OCC)c(F)c5F)cc4)CC3)CC2)OC1. The Hall–Kier alpha value is -2.20. The lowest BCUT2D eigenvalue weighted by molar-refractivity contribution is -0.0614. The van der Waals surface area contributed by atoms with Crippen molar-refractivity contribution in [2.75, 3.05) is 13.2 Å². The second kappa shape index (κ2) is 13.4. The largest absolute Gasteiger partial charge is 0.491 e. The van der Waals surface area contributed by atoms with Crippen molar-refractivity contribution >= 4 is 0 Å². The van der Waals surface area contributed by atoms with Gasteiger partial charge in [-0.2, -0.15) is 4.39 Å². The third-order valence-electron chi connectivity index (χ3n) is 10.0. The van der Waals surface area contributed by atoms with Crippen LogP contribution in [-0.4, -0.2) is 19.3 Å². The van der Waals surface area contributed by atoms with Crippen LogP contribution in [0.5, 0.6) is 5.75 Å². The molecular weight excluding hydrogens is 490 g/mol. The summed E-state index contributed by atoms with van der Waals surface area (Å²) in [7, 11) is 0. The average molecular weight is 537 g/mol. The smallest absolute Gasteiger partial charge is 0.201 e. The molecule has 3 fully saturated rings. The Labute approximate surface area is 234 Å². The zero-order chi connectivity index (χ0) is 27.2. The lowest BCUT2D eigenvalue weighted by Gasteiger charge is -2.41. The minimum Gasteiger partial charge on any atom is -0.491 e. The maximum atomic E-state index is 14.7. The van der Waals surface area contributed by atoms with E-state index in [9.17, 15) is 8.78 Å². The summed E-state index contributed by atoms with van der Waals surface area (Å²) in [5.41, 5.74) is 2.32. The van der Waals surface area contributed by atoms with Gasteiger partial charge in [-0.15, -0.1) is 6.58 Å². The van der Waals surface area contributed by atoms with Crippen LogP contribution in [0, 0.1) is 35.3 Å². The quantitative estimate of drug-likeness (QED) is 0.297. The van der Waals surface area contributed by atoms with E-state index in [-0.39, 0.29) is 11.3 Å². The number of rotatable bonds is 9. The summed E-state index contributed by atoms with van der Waals surface area (Å²) in [5.74, 6) is 2.03. The topological polar surface area (TPSA) is 18.5 Å². The van der Waals surface area contributed by atoms with Crippen LogP contribution < -0.4 is 4.74 Å². The Balaban J connectivity index is 1.08. The van der Waals surface area contributed by atoms with Crippen LogP contribution in [0.3, 0.4) is 0 Å². The highest BCUT2D eigenvalue weighted by Crippen LogP contribution is 2.45. The molecule has 4 heteroatoms.